The molecule has 1 aliphatic carbocycles. The molecule has 3 saturated heterocycles. The maximum Gasteiger partial charge on any atom is 0.255 e. The number of imide groups is 1. The Morgan fingerprint density at radius 1 is 0.732 bits per heavy atom. The molecule has 3 atom stereocenters. The predicted octanol–water partition coefficient (Wildman–Crippen LogP) is 5.31. The molecule has 4 heterocycles. The number of carbonyl (C=O) groups excluding carboxylic acids is 3. The number of phenols is 1. The molecule has 5 aliphatic rings. The number of halogens is 1. The molecule has 4 aromatic rings. The second-order valence-corrected chi connectivity index (χ2v) is 16.4. The number of phenolic OH excluding ortho intramolecular Hbond substituents is 1. The van der Waals surface area contributed by atoms with Crippen LogP contribution in [0.4, 0.5) is 15.8 Å². The minimum atomic E-state index is -0.758. The first kappa shape index (κ1) is 36.4. The van der Waals surface area contributed by atoms with E-state index in [0.29, 0.717) is 37.9 Å². The summed E-state index contributed by atoms with van der Waals surface area (Å²) in [6.45, 7) is 5.81. The van der Waals surface area contributed by atoms with E-state index < -0.39 is 17.6 Å². The Bertz CT molecular complexity index is 2140. The van der Waals surface area contributed by atoms with Gasteiger partial charge in [-0.15, -0.1) is 0 Å². The zero-order valence-electron chi connectivity index (χ0n) is 31.5. The number of piperidine rings is 2. The van der Waals surface area contributed by atoms with E-state index in [1.165, 1.54) is 11.1 Å². The highest BCUT2D eigenvalue weighted by Crippen LogP contribution is 2.47. The standard InChI is InChI=1S/C45H48FN5O5/c46-33-6-1-29(2-7-33)37-12-5-31-26-36(52)11-14-38(31)42(37)30-3-8-34(9-4-30)49-19-17-45(56,18-20-49)28-48-21-23-50(24-22-48)35-10-13-39-32(25-35)27-51(44(39)55)40-15-16-41(53)47-43(40)54/h1-4,6-11,13-14,25-26,37,40,42,52,56H,5,12,15-24,27-28H2,(H,47,53,54)/t37?,40?,42-/m0/s1. The van der Waals surface area contributed by atoms with Gasteiger partial charge in [0.15, 0.2) is 0 Å². The number of aryl methyl sites for hydroxylation is 1. The second-order valence-electron chi connectivity index (χ2n) is 16.4. The number of fused-ring (bicyclic) bond motifs is 2. The number of carbonyl (C=O) groups is 3. The molecule has 0 bridgehead atoms. The summed E-state index contributed by atoms with van der Waals surface area (Å²) in [5.74, 6) is -0.517. The van der Waals surface area contributed by atoms with Gasteiger partial charge in [0, 0.05) is 81.6 Å². The molecule has 4 aromatic carbocycles. The topological polar surface area (TPSA) is 117 Å². The number of nitrogens with one attached hydrogen (secondary N) is 1. The van der Waals surface area contributed by atoms with Crippen molar-refractivity contribution in [3.05, 3.63) is 124 Å². The molecule has 3 amide bonds. The summed E-state index contributed by atoms with van der Waals surface area (Å²) < 4.78 is 13.9. The molecule has 290 valence electrons. The number of piperazine rings is 1. The molecule has 0 radical (unpaired) electrons. The monoisotopic (exact) mass is 757 g/mol. The van der Waals surface area contributed by atoms with Crippen LogP contribution in [0.3, 0.4) is 0 Å². The lowest BCUT2D eigenvalue weighted by Crippen LogP contribution is -2.55. The highest BCUT2D eigenvalue weighted by molar-refractivity contribution is 6.05. The summed E-state index contributed by atoms with van der Waals surface area (Å²) in [5, 5.41) is 24.3. The van der Waals surface area contributed by atoms with Gasteiger partial charge in [0.05, 0.1) is 5.60 Å². The fourth-order valence-corrected chi connectivity index (χ4v) is 9.86. The van der Waals surface area contributed by atoms with Gasteiger partial charge in [-0.1, -0.05) is 30.3 Å². The van der Waals surface area contributed by atoms with Crippen LogP contribution in [-0.2, 0) is 22.6 Å². The summed E-state index contributed by atoms with van der Waals surface area (Å²) in [5.41, 5.74) is 7.66. The van der Waals surface area contributed by atoms with Crippen LogP contribution in [0.5, 0.6) is 5.75 Å². The SMILES string of the molecule is O=C1CCC(N2Cc3cc(N4CCN(CC5(O)CCN(c6ccc([C@@H]7c8ccc(O)cc8CCC7c7ccc(F)cc7)cc6)CC5)CC4)ccc3C2=O)C(=O)N1. The van der Waals surface area contributed by atoms with Gasteiger partial charge in [-0.2, -0.15) is 0 Å². The zero-order chi connectivity index (χ0) is 38.6. The van der Waals surface area contributed by atoms with E-state index in [1.807, 2.05) is 36.4 Å². The van der Waals surface area contributed by atoms with E-state index in [2.05, 4.69) is 50.3 Å². The number of hydrogen-bond donors (Lipinski definition) is 3. The first-order valence-corrected chi connectivity index (χ1v) is 20.0. The zero-order valence-corrected chi connectivity index (χ0v) is 31.5. The molecule has 4 aliphatic heterocycles. The molecule has 10 nitrogen and oxygen atoms in total. The summed E-state index contributed by atoms with van der Waals surface area (Å²) in [6.07, 6.45) is 3.73. The van der Waals surface area contributed by atoms with E-state index in [-0.39, 0.29) is 41.6 Å². The van der Waals surface area contributed by atoms with Crippen LogP contribution in [0.1, 0.15) is 82.1 Å². The summed E-state index contributed by atoms with van der Waals surface area (Å²) in [4.78, 5) is 45.9. The van der Waals surface area contributed by atoms with Crippen molar-refractivity contribution in [2.75, 3.05) is 55.6 Å². The van der Waals surface area contributed by atoms with E-state index in [0.717, 1.165) is 80.2 Å². The first-order chi connectivity index (χ1) is 27.1. The van der Waals surface area contributed by atoms with Crippen LogP contribution in [0.2, 0.25) is 0 Å². The van der Waals surface area contributed by atoms with E-state index in [9.17, 15) is 29.0 Å². The third-order valence-corrected chi connectivity index (χ3v) is 13.0. The van der Waals surface area contributed by atoms with Crippen molar-refractivity contribution in [2.24, 2.45) is 0 Å². The lowest BCUT2D eigenvalue weighted by molar-refractivity contribution is -0.136. The third-order valence-electron chi connectivity index (χ3n) is 13.0. The van der Waals surface area contributed by atoms with Crippen LogP contribution in [-0.4, -0.2) is 95.2 Å². The van der Waals surface area contributed by atoms with Crippen molar-refractivity contribution in [3.63, 3.8) is 0 Å². The molecular weight excluding hydrogens is 710 g/mol. The highest BCUT2D eigenvalue weighted by Gasteiger charge is 2.40. The second kappa shape index (κ2) is 14.7. The number of aliphatic hydroxyl groups is 1. The smallest absolute Gasteiger partial charge is 0.255 e. The minimum Gasteiger partial charge on any atom is -0.508 e. The number of anilines is 2. The Hall–Kier alpha value is -5.26. The van der Waals surface area contributed by atoms with Crippen LogP contribution in [0.25, 0.3) is 0 Å². The molecule has 11 heteroatoms. The summed E-state index contributed by atoms with van der Waals surface area (Å²) in [7, 11) is 0. The predicted molar refractivity (Wildman–Crippen MR) is 211 cm³/mol. The average Bonchev–Trinajstić information content (AvgIpc) is 3.53. The molecule has 2 unspecified atom stereocenters. The van der Waals surface area contributed by atoms with E-state index in [1.54, 1.807) is 23.1 Å². The average molecular weight is 758 g/mol. The first-order valence-electron chi connectivity index (χ1n) is 20.0. The maximum absolute atomic E-state index is 13.9. The Morgan fingerprint density at radius 3 is 2.16 bits per heavy atom. The van der Waals surface area contributed by atoms with Gasteiger partial charge in [-0.05, 0) is 120 Å². The van der Waals surface area contributed by atoms with Gasteiger partial charge in [-0.3, -0.25) is 24.6 Å². The minimum absolute atomic E-state index is 0.0908. The van der Waals surface area contributed by atoms with E-state index in [4.69, 9.17) is 0 Å². The van der Waals surface area contributed by atoms with Gasteiger partial charge >= 0.3 is 0 Å². The number of benzene rings is 4. The van der Waals surface area contributed by atoms with Crippen LogP contribution in [0, 0.1) is 5.82 Å². The van der Waals surface area contributed by atoms with Crippen molar-refractivity contribution in [1.82, 2.24) is 15.1 Å². The molecule has 0 spiro atoms. The van der Waals surface area contributed by atoms with Crippen molar-refractivity contribution in [3.8, 4) is 5.75 Å². The number of rotatable bonds is 7. The normalized spacial score (nSPS) is 23.9. The maximum atomic E-state index is 13.9. The molecule has 0 saturated carbocycles. The number of amides is 3. The fourth-order valence-electron chi connectivity index (χ4n) is 9.86. The molecule has 56 heavy (non-hydrogen) atoms. The fraction of sp³-hybridized carbons (Fsp3) is 0.400. The number of aromatic hydroxyl groups is 1. The van der Waals surface area contributed by atoms with Gasteiger partial charge in [0.2, 0.25) is 11.8 Å². The van der Waals surface area contributed by atoms with Crippen molar-refractivity contribution in [2.45, 2.75) is 68.5 Å². The quantitative estimate of drug-likeness (QED) is 0.218. The van der Waals surface area contributed by atoms with Gasteiger partial charge < -0.3 is 24.9 Å². The van der Waals surface area contributed by atoms with Crippen molar-refractivity contribution < 1.29 is 29.0 Å². The van der Waals surface area contributed by atoms with Crippen molar-refractivity contribution >= 4 is 29.1 Å². The number of hydrogen-bond acceptors (Lipinski definition) is 8. The molecule has 3 fully saturated rings. The van der Waals surface area contributed by atoms with Crippen LogP contribution in [0.15, 0.2) is 84.9 Å². The largest absolute Gasteiger partial charge is 0.508 e. The number of β-amino-alcohol motifs (C(OH)–C–C–N with tert-alkyl or cyclic N) is 1. The Morgan fingerprint density at radius 2 is 1.43 bits per heavy atom. The molecular formula is C45H48FN5O5. The Balaban J connectivity index is 0.799. The van der Waals surface area contributed by atoms with Gasteiger partial charge in [0.25, 0.3) is 5.91 Å². The lowest BCUT2D eigenvalue weighted by Gasteiger charge is -2.44. The summed E-state index contributed by atoms with van der Waals surface area (Å²) >= 11 is 0. The third kappa shape index (κ3) is 7.03. The molecule has 9 rings (SSSR count). The van der Waals surface area contributed by atoms with Crippen molar-refractivity contribution in [1.29, 1.82) is 0 Å². The lowest BCUT2D eigenvalue weighted by atomic mass is 9.69. The molecule has 3 N–H and O–H groups in total. The van der Waals surface area contributed by atoms with Crippen LogP contribution >= 0.6 is 0 Å². The summed E-state index contributed by atoms with van der Waals surface area (Å²) in [6, 6.07) is 26.7. The Labute approximate surface area is 326 Å². The van der Waals surface area contributed by atoms with E-state index >= 15 is 0 Å². The highest BCUT2D eigenvalue weighted by atomic mass is 19.1. The van der Waals surface area contributed by atoms with Gasteiger partial charge in [0.1, 0.15) is 17.6 Å². The molecule has 0 aromatic heterocycles. The van der Waals surface area contributed by atoms with Crippen LogP contribution < -0.4 is 15.1 Å². The van der Waals surface area contributed by atoms with Gasteiger partial charge in [-0.25, -0.2) is 4.39 Å². The Kier molecular flexibility index (Phi) is 9.53. The number of nitrogens with zero attached hydrogens (tertiary/aromatic N) is 4.